The van der Waals surface area contributed by atoms with E-state index in [-0.39, 0.29) is 11.9 Å². The van der Waals surface area contributed by atoms with Crippen molar-refractivity contribution in [3.05, 3.63) is 65.7 Å². The zero-order valence-electron chi connectivity index (χ0n) is 13.4. The molecular weight excluding hydrogens is 288 g/mol. The summed E-state index contributed by atoms with van der Waals surface area (Å²) >= 11 is 0. The van der Waals surface area contributed by atoms with E-state index in [1.54, 1.807) is 0 Å². The van der Waals surface area contributed by atoms with Crippen LogP contribution in [0.25, 0.3) is 0 Å². The molecule has 120 valence electrons. The van der Waals surface area contributed by atoms with Gasteiger partial charge in [-0.1, -0.05) is 42.5 Å². The van der Waals surface area contributed by atoms with Crippen molar-refractivity contribution in [3.63, 3.8) is 0 Å². The van der Waals surface area contributed by atoms with Crippen molar-refractivity contribution in [1.29, 1.82) is 0 Å². The van der Waals surface area contributed by atoms with Crippen molar-refractivity contribution in [3.8, 4) is 5.75 Å². The Bertz CT molecular complexity index is 647. The summed E-state index contributed by atoms with van der Waals surface area (Å²) in [7, 11) is 1.45. The summed E-state index contributed by atoms with van der Waals surface area (Å²) in [6.07, 6.45) is 2.83. The molecule has 3 nitrogen and oxygen atoms in total. The molecule has 1 aliphatic carbocycles. The molecule has 3 heteroatoms. The Morgan fingerprint density at radius 1 is 1.13 bits per heavy atom. The highest BCUT2D eigenvalue weighted by Gasteiger charge is 2.34. The monoisotopic (exact) mass is 310 g/mol. The molecule has 0 saturated heterocycles. The Kier molecular flexibility index (Phi) is 4.96. The fourth-order valence-electron chi connectivity index (χ4n) is 2.89. The molecular formula is C20H22O3. The third-order valence-electron chi connectivity index (χ3n) is 4.34. The van der Waals surface area contributed by atoms with Crippen molar-refractivity contribution >= 4 is 5.97 Å². The van der Waals surface area contributed by atoms with Crippen LogP contribution in [0.1, 0.15) is 36.3 Å². The maximum Gasteiger partial charge on any atom is 0.306 e. The second kappa shape index (κ2) is 7.32. The fraction of sp³-hybridized carbons (Fsp3) is 0.350. The molecule has 0 bridgehead atoms. The van der Waals surface area contributed by atoms with E-state index in [1.165, 1.54) is 25.5 Å². The lowest BCUT2D eigenvalue weighted by Crippen LogP contribution is -2.10. The Balaban J connectivity index is 1.69. The van der Waals surface area contributed by atoms with Gasteiger partial charge in [0.2, 0.25) is 0 Å². The molecule has 0 N–H and O–H groups in total. The van der Waals surface area contributed by atoms with Crippen LogP contribution in [0.4, 0.5) is 0 Å². The molecule has 0 amide bonds. The number of methoxy groups -OCH3 is 1. The maximum absolute atomic E-state index is 11.7. The predicted octanol–water partition coefficient (Wildman–Crippen LogP) is 4.32. The molecule has 0 aliphatic heterocycles. The number of hydrogen-bond donors (Lipinski definition) is 0. The quantitative estimate of drug-likeness (QED) is 0.714. The zero-order valence-corrected chi connectivity index (χ0v) is 13.4. The van der Waals surface area contributed by atoms with Crippen molar-refractivity contribution in [2.45, 2.75) is 31.8 Å². The highest BCUT2D eigenvalue weighted by Crippen LogP contribution is 2.45. The van der Waals surface area contributed by atoms with Crippen LogP contribution in [-0.4, -0.2) is 13.1 Å². The minimum atomic E-state index is -0.141. The van der Waals surface area contributed by atoms with E-state index in [0.29, 0.717) is 18.9 Å². The van der Waals surface area contributed by atoms with Crippen molar-refractivity contribution in [2.24, 2.45) is 5.92 Å². The SMILES string of the molecule is COC(=O)C[C@H](c1cccc(OCc2ccccc2)c1)C1CC1. The van der Waals surface area contributed by atoms with E-state index in [4.69, 9.17) is 9.47 Å². The smallest absolute Gasteiger partial charge is 0.306 e. The lowest BCUT2D eigenvalue weighted by Gasteiger charge is -2.16. The van der Waals surface area contributed by atoms with Gasteiger partial charge in [-0.25, -0.2) is 0 Å². The first kappa shape index (κ1) is 15.6. The van der Waals surface area contributed by atoms with Crippen molar-refractivity contribution < 1.29 is 14.3 Å². The molecule has 1 fully saturated rings. The number of ether oxygens (including phenoxy) is 2. The fourth-order valence-corrected chi connectivity index (χ4v) is 2.89. The molecule has 23 heavy (non-hydrogen) atoms. The summed E-state index contributed by atoms with van der Waals surface area (Å²) in [5.74, 6) is 1.54. The zero-order chi connectivity index (χ0) is 16.1. The van der Waals surface area contributed by atoms with Gasteiger partial charge in [-0.3, -0.25) is 4.79 Å². The van der Waals surface area contributed by atoms with Gasteiger partial charge >= 0.3 is 5.97 Å². The van der Waals surface area contributed by atoms with Crippen LogP contribution in [0.3, 0.4) is 0 Å². The molecule has 2 aromatic rings. The number of carbonyl (C=O) groups excluding carboxylic acids is 1. The summed E-state index contributed by atoms with van der Waals surface area (Å²) in [4.78, 5) is 11.7. The normalized spacial score (nSPS) is 15.0. The summed E-state index contributed by atoms with van der Waals surface area (Å²) in [6.45, 7) is 0.551. The molecule has 0 unspecified atom stereocenters. The first-order valence-electron chi connectivity index (χ1n) is 8.10. The van der Waals surface area contributed by atoms with E-state index in [2.05, 4.69) is 12.1 Å². The van der Waals surface area contributed by atoms with Crippen molar-refractivity contribution in [2.75, 3.05) is 7.11 Å². The number of rotatable bonds is 7. The van der Waals surface area contributed by atoms with Gasteiger partial charge in [-0.2, -0.15) is 0 Å². The first-order chi connectivity index (χ1) is 11.3. The van der Waals surface area contributed by atoms with Gasteiger partial charge in [0.15, 0.2) is 0 Å². The topological polar surface area (TPSA) is 35.5 Å². The van der Waals surface area contributed by atoms with Crippen LogP contribution in [-0.2, 0) is 16.1 Å². The maximum atomic E-state index is 11.7. The number of hydrogen-bond acceptors (Lipinski definition) is 3. The van der Waals surface area contributed by atoms with E-state index in [9.17, 15) is 4.79 Å². The first-order valence-corrected chi connectivity index (χ1v) is 8.10. The van der Waals surface area contributed by atoms with Crippen LogP contribution in [0.2, 0.25) is 0 Å². The number of carbonyl (C=O) groups is 1. The lowest BCUT2D eigenvalue weighted by atomic mass is 9.91. The molecule has 0 spiro atoms. The van der Waals surface area contributed by atoms with Gasteiger partial charge in [0.05, 0.1) is 13.5 Å². The molecule has 0 heterocycles. The van der Waals surface area contributed by atoms with Gasteiger partial charge in [0.25, 0.3) is 0 Å². The van der Waals surface area contributed by atoms with Crippen LogP contribution in [0.15, 0.2) is 54.6 Å². The summed E-state index contributed by atoms with van der Waals surface area (Å²) in [6, 6.07) is 18.2. The van der Waals surface area contributed by atoms with Crippen LogP contribution in [0, 0.1) is 5.92 Å². The van der Waals surface area contributed by atoms with Crippen molar-refractivity contribution in [1.82, 2.24) is 0 Å². The molecule has 1 aliphatic rings. The molecule has 0 aromatic heterocycles. The minimum Gasteiger partial charge on any atom is -0.489 e. The molecule has 0 radical (unpaired) electrons. The van der Waals surface area contributed by atoms with Crippen LogP contribution < -0.4 is 4.74 Å². The highest BCUT2D eigenvalue weighted by atomic mass is 16.5. The van der Waals surface area contributed by atoms with E-state index in [1.807, 2.05) is 42.5 Å². The number of esters is 1. The molecule has 1 atom stereocenters. The van der Waals surface area contributed by atoms with Crippen LogP contribution >= 0.6 is 0 Å². The van der Waals surface area contributed by atoms with Gasteiger partial charge in [-0.15, -0.1) is 0 Å². The summed E-state index contributed by atoms with van der Waals surface area (Å²) in [5, 5.41) is 0. The van der Waals surface area contributed by atoms with E-state index >= 15 is 0 Å². The lowest BCUT2D eigenvalue weighted by molar-refractivity contribution is -0.141. The van der Waals surface area contributed by atoms with Gasteiger partial charge in [0.1, 0.15) is 12.4 Å². The van der Waals surface area contributed by atoms with Gasteiger partial charge in [-0.05, 0) is 47.9 Å². The Morgan fingerprint density at radius 3 is 2.61 bits per heavy atom. The number of benzene rings is 2. The third-order valence-corrected chi connectivity index (χ3v) is 4.34. The predicted molar refractivity (Wildman–Crippen MR) is 89.3 cm³/mol. The Hall–Kier alpha value is -2.29. The second-order valence-electron chi connectivity index (χ2n) is 6.07. The third kappa shape index (κ3) is 4.35. The van der Waals surface area contributed by atoms with E-state index < -0.39 is 0 Å². The summed E-state index contributed by atoms with van der Waals surface area (Å²) < 4.78 is 10.7. The van der Waals surface area contributed by atoms with Crippen LogP contribution in [0.5, 0.6) is 5.75 Å². The Labute approximate surface area is 137 Å². The summed E-state index contributed by atoms with van der Waals surface area (Å²) in [5.41, 5.74) is 2.31. The largest absolute Gasteiger partial charge is 0.489 e. The average Bonchev–Trinajstić information content (AvgIpc) is 3.43. The Morgan fingerprint density at radius 2 is 1.91 bits per heavy atom. The molecule has 2 aromatic carbocycles. The van der Waals surface area contributed by atoms with Gasteiger partial charge in [0, 0.05) is 0 Å². The second-order valence-corrected chi connectivity index (χ2v) is 6.07. The van der Waals surface area contributed by atoms with E-state index in [0.717, 1.165) is 11.3 Å². The average molecular weight is 310 g/mol. The molecule has 3 rings (SSSR count). The highest BCUT2D eigenvalue weighted by molar-refractivity contribution is 5.70. The molecule has 1 saturated carbocycles. The standard InChI is InChI=1S/C20H22O3/c1-22-20(21)13-19(16-10-11-16)17-8-5-9-18(12-17)23-14-15-6-3-2-4-7-15/h2-9,12,16,19H,10-11,13-14H2,1H3/t19-/m0/s1. The van der Waals surface area contributed by atoms with Gasteiger partial charge < -0.3 is 9.47 Å². The minimum absolute atomic E-state index is 0.141.